The maximum absolute atomic E-state index is 12.6. The van der Waals surface area contributed by atoms with Crippen molar-refractivity contribution in [1.82, 2.24) is 10.2 Å². The van der Waals surface area contributed by atoms with E-state index in [-0.39, 0.29) is 6.04 Å². The Labute approximate surface area is 124 Å². The SMILES string of the molecule is CC(NC1CCCC(C)C1C)C(=O)N1CCCCCC1. The second kappa shape index (κ2) is 7.44. The number of hydrogen-bond acceptors (Lipinski definition) is 2. The van der Waals surface area contributed by atoms with Crippen LogP contribution in [0.5, 0.6) is 0 Å². The molecule has 0 spiro atoms. The fourth-order valence-electron chi connectivity index (χ4n) is 3.77. The molecule has 1 aliphatic carbocycles. The van der Waals surface area contributed by atoms with Crippen LogP contribution in [0.15, 0.2) is 0 Å². The van der Waals surface area contributed by atoms with E-state index in [0.717, 1.165) is 19.0 Å². The van der Waals surface area contributed by atoms with Crippen LogP contribution in [0.2, 0.25) is 0 Å². The highest BCUT2D eigenvalue weighted by Gasteiger charge is 2.30. The highest BCUT2D eigenvalue weighted by atomic mass is 16.2. The van der Waals surface area contributed by atoms with Crippen LogP contribution in [0, 0.1) is 11.8 Å². The molecule has 0 radical (unpaired) electrons. The van der Waals surface area contributed by atoms with Crippen LogP contribution in [0.1, 0.15) is 65.7 Å². The van der Waals surface area contributed by atoms with Crippen molar-refractivity contribution in [3.8, 4) is 0 Å². The van der Waals surface area contributed by atoms with Gasteiger partial charge in [-0.3, -0.25) is 4.79 Å². The maximum Gasteiger partial charge on any atom is 0.239 e. The van der Waals surface area contributed by atoms with Crippen LogP contribution in [0.3, 0.4) is 0 Å². The summed E-state index contributed by atoms with van der Waals surface area (Å²) in [4.78, 5) is 14.7. The molecule has 20 heavy (non-hydrogen) atoms. The standard InChI is InChI=1S/C17H32N2O/c1-13-9-8-10-16(14(13)2)18-15(3)17(20)19-11-6-4-5-7-12-19/h13-16,18H,4-12H2,1-3H3. The molecule has 2 aliphatic rings. The zero-order valence-electron chi connectivity index (χ0n) is 13.5. The van der Waals surface area contributed by atoms with E-state index in [0.29, 0.717) is 17.9 Å². The van der Waals surface area contributed by atoms with Crippen molar-refractivity contribution >= 4 is 5.91 Å². The smallest absolute Gasteiger partial charge is 0.239 e. The molecule has 3 heteroatoms. The predicted molar refractivity (Wildman–Crippen MR) is 83.6 cm³/mol. The highest BCUT2D eigenvalue weighted by molar-refractivity contribution is 5.81. The normalized spacial score (nSPS) is 33.5. The molecular formula is C17H32N2O. The topological polar surface area (TPSA) is 32.3 Å². The summed E-state index contributed by atoms with van der Waals surface area (Å²) in [6.45, 7) is 8.66. The van der Waals surface area contributed by atoms with Crippen LogP contribution >= 0.6 is 0 Å². The van der Waals surface area contributed by atoms with E-state index in [1.165, 1.54) is 44.9 Å². The molecule has 1 saturated heterocycles. The van der Waals surface area contributed by atoms with E-state index in [2.05, 4.69) is 31.0 Å². The fraction of sp³-hybridized carbons (Fsp3) is 0.941. The average molecular weight is 280 g/mol. The molecule has 116 valence electrons. The number of amides is 1. The summed E-state index contributed by atoms with van der Waals surface area (Å²) >= 11 is 0. The quantitative estimate of drug-likeness (QED) is 0.861. The lowest BCUT2D eigenvalue weighted by atomic mass is 9.78. The summed E-state index contributed by atoms with van der Waals surface area (Å²) in [5, 5.41) is 3.63. The molecule has 1 saturated carbocycles. The highest BCUT2D eigenvalue weighted by Crippen LogP contribution is 2.29. The van der Waals surface area contributed by atoms with Crippen molar-refractivity contribution in [1.29, 1.82) is 0 Å². The summed E-state index contributed by atoms with van der Waals surface area (Å²) in [5.41, 5.74) is 0. The predicted octanol–water partition coefficient (Wildman–Crippen LogP) is 3.19. The molecule has 2 fully saturated rings. The Morgan fingerprint density at radius 3 is 2.35 bits per heavy atom. The molecule has 0 aromatic heterocycles. The minimum absolute atomic E-state index is 0.0224. The molecule has 1 amide bonds. The number of hydrogen-bond donors (Lipinski definition) is 1. The third-order valence-electron chi connectivity index (χ3n) is 5.46. The zero-order valence-corrected chi connectivity index (χ0v) is 13.5. The minimum Gasteiger partial charge on any atom is -0.341 e. The van der Waals surface area contributed by atoms with Gasteiger partial charge >= 0.3 is 0 Å². The molecular weight excluding hydrogens is 248 g/mol. The number of likely N-dealkylation sites (tertiary alicyclic amines) is 1. The van der Waals surface area contributed by atoms with Gasteiger partial charge in [-0.05, 0) is 38.0 Å². The molecule has 1 aliphatic heterocycles. The van der Waals surface area contributed by atoms with E-state index < -0.39 is 0 Å². The lowest BCUT2D eigenvalue weighted by Gasteiger charge is -2.37. The molecule has 1 heterocycles. The van der Waals surface area contributed by atoms with Crippen molar-refractivity contribution in [3.05, 3.63) is 0 Å². The number of nitrogens with one attached hydrogen (secondary N) is 1. The van der Waals surface area contributed by atoms with E-state index in [9.17, 15) is 4.79 Å². The number of nitrogens with zero attached hydrogens (tertiary/aromatic N) is 1. The molecule has 3 nitrogen and oxygen atoms in total. The maximum atomic E-state index is 12.6. The lowest BCUT2D eigenvalue weighted by Crippen LogP contribution is -2.51. The molecule has 0 bridgehead atoms. The van der Waals surface area contributed by atoms with Gasteiger partial charge in [0.25, 0.3) is 0 Å². The number of carbonyl (C=O) groups is 1. The van der Waals surface area contributed by atoms with Crippen molar-refractivity contribution in [2.75, 3.05) is 13.1 Å². The summed E-state index contributed by atoms with van der Waals surface area (Å²) in [6.07, 6.45) is 8.78. The monoisotopic (exact) mass is 280 g/mol. The van der Waals surface area contributed by atoms with Gasteiger partial charge in [-0.1, -0.05) is 39.5 Å². The number of rotatable bonds is 3. The largest absolute Gasteiger partial charge is 0.341 e. The van der Waals surface area contributed by atoms with Gasteiger partial charge in [0.2, 0.25) is 5.91 Å². The van der Waals surface area contributed by atoms with Crippen molar-refractivity contribution < 1.29 is 4.79 Å². The summed E-state index contributed by atoms with van der Waals surface area (Å²) < 4.78 is 0. The summed E-state index contributed by atoms with van der Waals surface area (Å²) in [5.74, 6) is 1.78. The third kappa shape index (κ3) is 3.97. The Morgan fingerprint density at radius 1 is 1.05 bits per heavy atom. The van der Waals surface area contributed by atoms with Gasteiger partial charge < -0.3 is 10.2 Å². The Bertz CT molecular complexity index is 310. The van der Waals surface area contributed by atoms with Gasteiger partial charge in [0.1, 0.15) is 0 Å². The van der Waals surface area contributed by atoms with Gasteiger partial charge in [0, 0.05) is 19.1 Å². The van der Waals surface area contributed by atoms with Crippen molar-refractivity contribution in [2.45, 2.75) is 77.8 Å². The first-order valence-electron chi connectivity index (χ1n) is 8.64. The molecule has 0 aromatic rings. The second-order valence-electron chi connectivity index (χ2n) is 7.00. The van der Waals surface area contributed by atoms with Crippen LogP contribution in [-0.2, 0) is 4.79 Å². The van der Waals surface area contributed by atoms with Gasteiger partial charge in [-0.15, -0.1) is 0 Å². The van der Waals surface area contributed by atoms with E-state index in [1.54, 1.807) is 0 Å². The van der Waals surface area contributed by atoms with Crippen LogP contribution in [0.25, 0.3) is 0 Å². The van der Waals surface area contributed by atoms with Crippen LogP contribution < -0.4 is 5.32 Å². The molecule has 2 rings (SSSR count). The van der Waals surface area contributed by atoms with E-state index in [1.807, 2.05) is 0 Å². The molecule has 4 unspecified atom stereocenters. The molecule has 4 atom stereocenters. The Morgan fingerprint density at radius 2 is 1.70 bits per heavy atom. The fourth-order valence-corrected chi connectivity index (χ4v) is 3.77. The molecule has 0 aromatic carbocycles. The lowest BCUT2D eigenvalue weighted by molar-refractivity contribution is -0.133. The van der Waals surface area contributed by atoms with Crippen molar-refractivity contribution in [2.24, 2.45) is 11.8 Å². The van der Waals surface area contributed by atoms with Crippen LogP contribution in [0.4, 0.5) is 0 Å². The van der Waals surface area contributed by atoms with E-state index >= 15 is 0 Å². The first-order chi connectivity index (χ1) is 9.59. The average Bonchev–Trinajstić information content (AvgIpc) is 2.72. The second-order valence-corrected chi connectivity index (χ2v) is 7.00. The van der Waals surface area contributed by atoms with Crippen LogP contribution in [-0.4, -0.2) is 36.0 Å². The molecule has 1 N–H and O–H groups in total. The van der Waals surface area contributed by atoms with Gasteiger partial charge in [0.05, 0.1) is 6.04 Å². The van der Waals surface area contributed by atoms with E-state index in [4.69, 9.17) is 0 Å². The zero-order chi connectivity index (χ0) is 14.5. The van der Waals surface area contributed by atoms with Gasteiger partial charge in [-0.2, -0.15) is 0 Å². The summed E-state index contributed by atoms with van der Waals surface area (Å²) in [7, 11) is 0. The van der Waals surface area contributed by atoms with Gasteiger partial charge in [0.15, 0.2) is 0 Å². The Kier molecular flexibility index (Phi) is 5.88. The number of carbonyl (C=O) groups excluding carboxylic acids is 1. The first-order valence-corrected chi connectivity index (χ1v) is 8.64. The first kappa shape index (κ1) is 15.8. The summed E-state index contributed by atoms with van der Waals surface area (Å²) in [6, 6.07) is 0.496. The Balaban J connectivity index is 1.86. The Hall–Kier alpha value is -0.570. The van der Waals surface area contributed by atoms with Crippen molar-refractivity contribution in [3.63, 3.8) is 0 Å². The third-order valence-corrected chi connectivity index (χ3v) is 5.46. The minimum atomic E-state index is -0.0224. The van der Waals surface area contributed by atoms with Gasteiger partial charge in [-0.25, -0.2) is 0 Å².